The van der Waals surface area contributed by atoms with Gasteiger partial charge in [-0.05, 0) is 12.8 Å². The Kier molecular flexibility index (Phi) is 17.4. The summed E-state index contributed by atoms with van der Waals surface area (Å²) in [5.74, 6) is 4.53. The van der Waals surface area contributed by atoms with Crippen LogP contribution in [0.4, 0.5) is 0 Å². The van der Waals surface area contributed by atoms with Crippen molar-refractivity contribution in [3.05, 3.63) is 0 Å². The Hall–Kier alpha value is -0.780. The molecule has 10 heteroatoms. The fourth-order valence-corrected chi connectivity index (χ4v) is 3.65. The van der Waals surface area contributed by atoms with Gasteiger partial charge in [0.15, 0.2) is 0 Å². The molecule has 0 saturated heterocycles. The third-order valence-corrected chi connectivity index (χ3v) is 5.68. The van der Waals surface area contributed by atoms with Gasteiger partial charge in [0, 0.05) is 32.7 Å². The highest BCUT2D eigenvalue weighted by Crippen LogP contribution is 2.13. The monoisotopic (exact) mass is 453 g/mol. The lowest BCUT2D eigenvalue weighted by molar-refractivity contribution is -0.137. The summed E-state index contributed by atoms with van der Waals surface area (Å²) in [5, 5.41) is 10.1. The summed E-state index contributed by atoms with van der Waals surface area (Å²) in [6.45, 7) is 6.59. The molecule has 1 atom stereocenters. The molecule has 0 spiro atoms. The summed E-state index contributed by atoms with van der Waals surface area (Å²) in [6, 6.07) is 0. The van der Waals surface area contributed by atoms with Gasteiger partial charge < -0.3 is 9.84 Å². The summed E-state index contributed by atoms with van der Waals surface area (Å²) in [4.78, 5) is 12.5. The highest BCUT2D eigenvalue weighted by molar-refractivity contribution is 7.85. The van der Waals surface area contributed by atoms with E-state index in [1.807, 2.05) is 4.90 Å². The molecule has 0 rings (SSSR count). The van der Waals surface area contributed by atoms with E-state index in [0.717, 1.165) is 25.7 Å². The van der Waals surface area contributed by atoms with E-state index in [1.54, 1.807) is 0 Å². The van der Waals surface area contributed by atoms with Gasteiger partial charge in [0.25, 0.3) is 10.1 Å². The predicted octanol–water partition coefficient (Wildman–Crippen LogP) is 2.37. The molecule has 1 unspecified atom stereocenters. The first-order chi connectivity index (χ1) is 14.2. The Morgan fingerprint density at radius 1 is 0.967 bits per heavy atom. The maximum Gasteiger partial charge on any atom is 0.304 e. The van der Waals surface area contributed by atoms with Gasteiger partial charge in [-0.3, -0.25) is 20.1 Å². The first kappa shape index (κ1) is 29.2. The molecule has 0 radical (unpaired) electrons. The first-order valence-corrected chi connectivity index (χ1v) is 12.8. The first-order valence-electron chi connectivity index (χ1n) is 11.2. The Morgan fingerprint density at radius 2 is 1.67 bits per heavy atom. The zero-order chi connectivity index (χ0) is 22.8. The number of carboxylic acids is 1. The van der Waals surface area contributed by atoms with Crippen LogP contribution in [0.5, 0.6) is 0 Å². The summed E-state index contributed by atoms with van der Waals surface area (Å²) in [7, 11) is -4.05. The molecular weight excluding hydrogens is 410 g/mol. The van der Waals surface area contributed by atoms with Crippen molar-refractivity contribution >= 4 is 16.1 Å². The van der Waals surface area contributed by atoms with E-state index in [4.69, 9.17) is 20.2 Å². The molecule has 0 saturated carbocycles. The van der Waals surface area contributed by atoms with E-state index >= 15 is 0 Å². The highest BCUT2D eigenvalue weighted by atomic mass is 32.2. The van der Waals surface area contributed by atoms with Crippen molar-refractivity contribution in [2.45, 2.75) is 77.7 Å². The minimum atomic E-state index is -4.05. The molecule has 0 fully saturated rings. The molecule has 0 heterocycles. The molecule has 0 bridgehead atoms. The molecule has 0 aliphatic rings. The van der Waals surface area contributed by atoms with Crippen molar-refractivity contribution in [3.8, 4) is 0 Å². The number of hydrogen-bond acceptors (Lipinski definition) is 7. The molecule has 0 aliphatic carbocycles. The molecule has 0 amide bonds. The lowest BCUT2D eigenvalue weighted by Crippen LogP contribution is -2.42. The number of unbranched alkanes of at least 4 members (excludes halogenated alkanes) is 4. The Labute approximate surface area is 182 Å². The number of aliphatic carboxylic acids is 1. The van der Waals surface area contributed by atoms with Crippen molar-refractivity contribution in [2.75, 3.05) is 45.1 Å². The predicted molar refractivity (Wildman–Crippen MR) is 119 cm³/mol. The number of ether oxygens (including phenoxy) is 1. The number of carbonyl (C=O) groups is 1. The summed E-state index contributed by atoms with van der Waals surface area (Å²) < 4.78 is 37.3. The molecule has 0 aliphatic heterocycles. The summed E-state index contributed by atoms with van der Waals surface area (Å²) >= 11 is 0. The van der Waals surface area contributed by atoms with Gasteiger partial charge in [-0.25, -0.2) is 5.01 Å². The van der Waals surface area contributed by atoms with E-state index in [2.05, 4.69) is 13.8 Å². The van der Waals surface area contributed by atoms with Gasteiger partial charge >= 0.3 is 5.97 Å². The fourth-order valence-electron chi connectivity index (χ4n) is 3.16. The molecule has 0 aromatic rings. The number of nitrogens with zero attached hydrogens (tertiary/aromatic N) is 2. The van der Waals surface area contributed by atoms with Gasteiger partial charge in [-0.1, -0.05) is 52.4 Å². The van der Waals surface area contributed by atoms with Crippen LogP contribution in [0.3, 0.4) is 0 Å². The van der Waals surface area contributed by atoms with E-state index < -0.39 is 16.1 Å². The smallest absolute Gasteiger partial charge is 0.304 e. The van der Waals surface area contributed by atoms with Crippen LogP contribution in [0.15, 0.2) is 0 Å². The second-order valence-electron chi connectivity index (χ2n) is 7.79. The van der Waals surface area contributed by atoms with Crippen LogP contribution in [-0.2, 0) is 19.6 Å². The van der Waals surface area contributed by atoms with Crippen LogP contribution in [0.25, 0.3) is 0 Å². The molecule has 4 N–H and O–H groups in total. The number of nitrogens with two attached hydrogens (primary N) is 1. The van der Waals surface area contributed by atoms with Crippen LogP contribution in [0, 0.1) is 0 Å². The van der Waals surface area contributed by atoms with Crippen molar-refractivity contribution in [3.63, 3.8) is 0 Å². The topological polar surface area (TPSA) is 133 Å². The number of hydrazine groups is 1. The normalized spacial score (nSPS) is 13.3. The number of carboxylic acid groups (broad SMARTS) is 1. The maximum atomic E-state index is 11.1. The van der Waals surface area contributed by atoms with Crippen LogP contribution in [-0.4, -0.2) is 85.1 Å². The Balaban J connectivity index is 4.44. The highest BCUT2D eigenvalue weighted by Gasteiger charge is 2.14. The second kappa shape index (κ2) is 17.9. The zero-order valence-corrected chi connectivity index (χ0v) is 19.6. The standard InChI is InChI=1S/C20H43N3O6S/c1-3-5-6-7-8-10-19(9-4-2)29-17-15-22(16-18-30(26,27)28)13-14-23(21)12-11-20(24)25/h19H,3-18,21H2,1-2H3,(H,24,25)(H,26,27,28). The van der Waals surface area contributed by atoms with Crippen molar-refractivity contribution in [1.29, 1.82) is 0 Å². The molecule has 9 nitrogen and oxygen atoms in total. The van der Waals surface area contributed by atoms with Gasteiger partial charge in [-0.15, -0.1) is 0 Å². The van der Waals surface area contributed by atoms with Gasteiger partial charge in [-0.2, -0.15) is 8.42 Å². The fraction of sp³-hybridized carbons (Fsp3) is 0.950. The van der Waals surface area contributed by atoms with Crippen molar-refractivity contribution in [2.24, 2.45) is 5.84 Å². The van der Waals surface area contributed by atoms with E-state index in [9.17, 15) is 13.2 Å². The van der Waals surface area contributed by atoms with Crippen LogP contribution in [0.2, 0.25) is 0 Å². The third kappa shape index (κ3) is 19.2. The van der Waals surface area contributed by atoms with Gasteiger partial charge in [0.05, 0.1) is 24.9 Å². The van der Waals surface area contributed by atoms with E-state index in [0.29, 0.717) is 26.2 Å². The number of hydrogen-bond donors (Lipinski definition) is 3. The average Bonchev–Trinajstić information content (AvgIpc) is 2.66. The molecule has 30 heavy (non-hydrogen) atoms. The Bertz CT molecular complexity index is 533. The SMILES string of the molecule is CCCCCCCC(CCC)OCCN(CCN(N)CCC(=O)O)CCS(=O)(=O)O. The Morgan fingerprint density at radius 3 is 2.27 bits per heavy atom. The van der Waals surface area contributed by atoms with Gasteiger partial charge in [0.2, 0.25) is 0 Å². The third-order valence-electron chi connectivity index (χ3n) is 4.98. The molecule has 0 aromatic heterocycles. The summed E-state index contributed by atoms with van der Waals surface area (Å²) in [6.07, 6.45) is 9.39. The summed E-state index contributed by atoms with van der Waals surface area (Å²) in [5.41, 5.74) is 0. The average molecular weight is 454 g/mol. The second-order valence-corrected chi connectivity index (χ2v) is 9.36. The lowest BCUT2D eigenvalue weighted by Gasteiger charge is -2.26. The molecule has 0 aromatic carbocycles. The largest absolute Gasteiger partial charge is 0.481 e. The van der Waals surface area contributed by atoms with Crippen molar-refractivity contribution < 1.29 is 27.6 Å². The maximum absolute atomic E-state index is 11.1. The van der Waals surface area contributed by atoms with E-state index in [-0.39, 0.29) is 31.4 Å². The van der Waals surface area contributed by atoms with Crippen molar-refractivity contribution in [1.82, 2.24) is 9.91 Å². The lowest BCUT2D eigenvalue weighted by atomic mass is 10.1. The van der Waals surface area contributed by atoms with Crippen LogP contribution >= 0.6 is 0 Å². The molecule has 180 valence electrons. The number of rotatable bonds is 21. The van der Waals surface area contributed by atoms with Crippen LogP contribution in [0.1, 0.15) is 71.6 Å². The zero-order valence-electron chi connectivity index (χ0n) is 18.8. The molecular formula is C20H43N3O6S. The van der Waals surface area contributed by atoms with E-state index in [1.165, 1.54) is 30.7 Å². The van der Waals surface area contributed by atoms with Gasteiger partial charge in [0.1, 0.15) is 0 Å². The minimum absolute atomic E-state index is 0.0540. The van der Waals surface area contributed by atoms with Crippen LogP contribution < -0.4 is 5.84 Å². The minimum Gasteiger partial charge on any atom is -0.481 e. The quantitative estimate of drug-likeness (QED) is 0.104.